The second-order valence-electron chi connectivity index (χ2n) is 9.19. The van der Waals surface area contributed by atoms with Gasteiger partial charge in [-0.3, -0.25) is 4.79 Å². The maximum Gasteiger partial charge on any atom is 0.433 e. The highest BCUT2D eigenvalue weighted by Gasteiger charge is 2.48. The Morgan fingerprint density at radius 3 is 2.66 bits per heavy atom. The zero-order valence-electron chi connectivity index (χ0n) is 19.3. The fourth-order valence-corrected chi connectivity index (χ4v) is 5.71. The van der Waals surface area contributed by atoms with Gasteiger partial charge in [0.05, 0.1) is 10.8 Å². The van der Waals surface area contributed by atoms with Crippen LogP contribution in [0.25, 0.3) is 10.4 Å². The Labute approximate surface area is 204 Å². The number of carboxylic acids is 1. The van der Waals surface area contributed by atoms with E-state index in [-0.39, 0.29) is 17.8 Å². The lowest BCUT2D eigenvalue weighted by Crippen LogP contribution is -2.44. The van der Waals surface area contributed by atoms with Crippen molar-refractivity contribution in [1.29, 1.82) is 0 Å². The van der Waals surface area contributed by atoms with Crippen LogP contribution < -0.4 is 5.32 Å². The molecule has 4 atom stereocenters. The SMILES string of the molecule is Cc1cc(Nc2nccc(C(F)(F)F)n2)cc(-c2cnc([C@@]3(O)C[C@H](C)[C@H](C(=O)O)C[C@H]3C)s2)c1. The molecular weight excluding hydrogens is 481 g/mol. The molecule has 35 heavy (non-hydrogen) atoms. The number of halogens is 3. The molecule has 4 rings (SSSR count). The van der Waals surface area contributed by atoms with Gasteiger partial charge in [-0.25, -0.2) is 15.0 Å². The molecule has 1 fully saturated rings. The molecule has 3 N–H and O–H groups in total. The number of carbonyl (C=O) groups is 1. The number of hydrogen-bond donors (Lipinski definition) is 3. The molecule has 0 bridgehead atoms. The highest BCUT2D eigenvalue weighted by atomic mass is 32.1. The predicted molar refractivity (Wildman–Crippen MR) is 125 cm³/mol. The highest BCUT2D eigenvalue weighted by molar-refractivity contribution is 7.15. The summed E-state index contributed by atoms with van der Waals surface area (Å²) in [5.74, 6) is -2.02. The normalized spacial score (nSPS) is 24.8. The van der Waals surface area contributed by atoms with Crippen LogP contribution in [0.5, 0.6) is 0 Å². The summed E-state index contributed by atoms with van der Waals surface area (Å²) in [5.41, 5.74) is -0.132. The number of hydrogen-bond acceptors (Lipinski definition) is 7. The highest BCUT2D eigenvalue weighted by Crippen LogP contribution is 2.48. The largest absolute Gasteiger partial charge is 0.481 e. The number of aliphatic hydroxyl groups is 1. The van der Waals surface area contributed by atoms with E-state index in [1.165, 1.54) is 11.3 Å². The summed E-state index contributed by atoms with van der Waals surface area (Å²) in [4.78, 5) is 24.2. The van der Waals surface area contributed by atoms with E-state index >= 15 is 0 Å². The summed E-state index contributed by atoms with van der Waals surface area (Å²) >= 11 is 1.32. The summed E-state index contributed by atoms with van der Waals surface area (Å²) in [7, 11) is 0. The molecule has 0 spiro atoms. The quantitative estimate of drug-likeness (QED) is 0.412. The van der Waals surface area contributed by atoms with Crippen LogP contribution in [0.4, 0.5) is 24.8 Å². The predicted octanol–water partition coefficient (Wildman–Crippen LogP) is 5.63. The van der Waals surface area contributed by atoms with Crippen molar-refractivity contribution in [3.05, 3.63) is 52.9 Å². The van der Waals surface area contributed by atoms with Gasteiger partial charge in [0.15, 0.2) is 0 Å². The van der Waals surface area contributed by atoms with Crippen LogP contribution in [-0.2, 0) is 16.6 Å². The Bertz CT molecular complexity index is 1250. The number of thiazole rings is 1. The molecular formula is C24H25F3N4O3S. The summed E-state index contributed by atoms with van der Waals surface area (Å²) in [6.45, 7) is 5.53. The maximum absolute atomic E-state index is 13.0. The van der Waals surface area contributed by atoms with Crippen molar-refractivity contribution in [1.82, 2.24) is 15.0 Å². The number of alkyl halides is 3. The van der Waals surface area contributed by atoms with Crippen molar-refractivity contribution in [3.8, 4) is 10.4 Å². The zero-order valence-corrected chi connectivity index (χ0v) is 20.1. The summed E-state index contributed by atoms with van der Waals surface area (Å²) in [5, 5.41) is 24.3. The standard InChI is InChI=1S/C24H25F3N4O3S/c1-12-6-15(9-16(7-12)30-22-28-5-4-19(31-22)24(25,26)27)18-11-29-21(35-18)23(34)10-13(2)17(20(32)33)8-14(23)3/h4-7,9,11,13-14,17,34H,8,10H2,1-3H3,(H,32,33)(H,28,30,31)/t13-,14+,17+,23+/m0/s1. The Kier molecular flexibility index (Phi) is 6.58. The van der Waals surface area contributed by atoms with Crippen LogP contribution in [-0.4, -0.2) is 31.1 Å². The molecule has 0 unspecified atom stereocenters. The molecule has 11 heteroatoms. The molecule has 0 saturated heterocycles. The minimum absolute atomic E-state index is 0.173. The Balaban J connectivity index is 1.60. The first-order valence-corrected chi connectivity index (χ1v) is 11.9. The molecule has 2 heterocycles. The number of aromatic nitrogens is 3. The van der Waals surface area contributed by atoms with Gasteiger partial charge in [-0.05, 0) is 60.9 Å². The first kappa shape index (κ1) is 25.1. The first-order chi connectivity index (χ1) is 16.4. The molecule has 1 aliphatic carbocycles. The lowest BCUT2D eigenvalue weighted by atomic mass is 9.67. The number of benzene rings is 1. The summed E-state index contributed by atoms with van der Waals surface area (Å²) in [6, 6.07) is 6.24. The Hall–Kier alpha value is -3.05. The molecule has 0 aliphatic heterocycles. The van der Waals surface area contributed by atoms with Gasteiger partial charge in [-0.1, -0.05) is 19.9 Å². The van der Waals surface area contributed by atoms with E-state index in [0.717, 1.165) is 28.3 Å². The molecule has 1 aromatic carbocycles. The third-order valence-electron chi connectivity index (χ3n) is 6.50. The molecule has 3 aromatic rings. The van der Waals surface area contributed by atoms with Gasteiger partial charge in [0.2, 0.25) is 5.95 Å². The monoisotopic (exact) mass is 506 g/mol. The van der Waals surface area contributed by atoms with Crippen molar-refractivity contribution >= 4 is 28.9 Å². The second-order valence-corrected chi connectivity index (χ2v) is 10.2. The minimum Gasteiger partial charge on any atom is -0.481 e. The van der Waals surface area contributed by atoms with E-state index in [9.17, 15) is 28.2 Å². The van der Waals surface area contributed by atoms with Crippen LogP contribution in [0.2, 0.25) is 0 Å². The van der Waals surface area contributed by atoms with E-state index in [0.29, 0.717) is 23.5 Å². The zero-order chi connectivity index (χ0) is 25.5. The minimum atomic E-state index is -4.57. The number of rotatable bonds is 5. The average Bonchev–Trinajstić information content (AvgIpc) is 3.26. The van der Waals surface area contributed by atoms with Crippen molar-refractivity contribution in [2.75, 3.05) is 5.32 Å². The molecule has 2 aromatic heterocycles. The van der Waals surface area contributed by atoms with Crippen LogP contribution in [0.3, 0.4) is 0 Å². The molecule has 7 nitrogen and oxygen atoms in total. The van der Waals surface area contributed by atoms with Gasteiger partial charge in [0, 0.05) is 18.1 Å². The summed E-state index contributed by atoms with van der Waals surface area (Å²) < 4.78 is 38.9. The van der Waals surface area contributed by atoms with Crippen molar-refractivity contribution in [2.45, 2.75) is 45.4 Å². The number of aryl methyl sites for hydroxylation is 1. The Morgan fingerprint density at radius 1 is 1.23 bits per heavy atom. The van der Waals surface area contributed by atoms with E-state index in [2.05, 4.69) is 20.3 Å². The van der Waals surface area contributed by atoms with Crippen LogP contribution in [0, 0.1) is 24.7 Å². The number of carboxylic acid groups (broad SMARTS) is 1. The molecule has 186 valence electrons. The fraction of sp³-hybridized carbons (Fsp3) is 0.417. The van der Waals surface area contributed by atoms with E-state index in [1.807, 2.05) is 26.8 Å². The van der Waals surface area contributed by atoms with Crippen LogP contribution >= 0.6 is 11.3 Å². The van der Waals surface area contributed by atoms with Gasteiger partial charge in [-0.15, -0.1) is 11.3 Å². The molecule has 0 amide bonds. The Morgan fingerprint density at radius 2 is 1.97 bits per heavy atom. The van der Waals surface area contributed by atoms with E-state index < -0.39 is 29.4 Å². The lowest BCUT2D eigenvalue weighted by molar-refractivity contribution is -0.152. The lowest BCUT2D eigenvalue weighted by Gasteiger charge is -2.42. The van der Waals surface area contributed by atoms with Crippen molar-refractivity contribution in [2.24, 2.45) is 17.8 Å². The number of nitrogens with one attached hydrogen (secondary N) is 1. The number of aliphatic carboxylic acids is 1. The van der Waals surface area contributed by atoms with Gasteiger partial charge >= 0.3 is 12.1 Å². The summed E-state index contributed by atoms with van der Waals surface area (Å²) in [6.07, 6.45) is -1.22. The number of anilines is 2. The number of nitrogens with zero attached hydrogens (tertiary/aromatic N) is 3. The smallest absolute Gasteiger partial charge is 0.433 e. The first-order valence-electron chi connectivity index (χ1n) is 11.1. The van der Waals surface area contributed by atoms with Gasteiger partial charge in [0.25, 0.3) is 0 Å². The van der Waals surface area contributed by atoms with E-state index in [4.69, 9.17) is 0 Å². The van der Waals surface area contributed by atoms with Crippen LogP contribution in [0.1, 0.15) is 43.0 Å². The molecule has 1 aliphatic rings. The topological polar surface area (TPSA) is 108 Å². The van der Waals surface area contributed by atoms with Crippen molar-refractivity contribution < 1.29 is 28.2 Å². The molecule has 1 saturated carbocycles. The van der Waals surface area contributed by atoms with E-state index in [1.54, 1.807) is 18.3 Å². The second kappa shape index (κ2) is 9.19. The fourth-order valence-electron chi connectivity index (χ4n) is 4.60. The average molecular weight is 507 g/mol. The van der Waals surface area contributed by atoms with Crippen molar-refractivity contribution in [3.63, 3.8) is 0 Å². The molecule has 0 radical (unpaired) electrons. The maximum atomic E-state index is 13.0. The third-order valence-corrected chi connectivity index (χ3v) is 7.71. The van der Waals surface area contributed by atoms with Gasteiger partial charge < -0.3 is 15.5 Å². The van der Waals surface area contributed by atoms with Crippen LogP contribution in [0.15, 0.2) is 36.7 Å². The third kappa shape index (κ3) is 5.15. The van der Waals surface area contributed by atoms with Gasteiger partial charge in [0.1, 0.15) is 16.3 Å². The van der Waals surface area contributed by atoms with Gasteiger partial charge in [-0.2, -0.15) is 13.2 Å².